The molecule has 5 heteroatoms. The van der Waals surface area contributed by atoms with Gasteiger partial charge >= 0.3 is 0 Å². The number of nitrogens with one attached hydrogen (secondary N) is 1. The molecule has 2 rings (SSSR count). The topological polar surface area (TPSA) is 44.7 Å². The molecule has 1 aromatic rings. The molecule has 0 bridgehead atoms. The van der Waals surface area contributed by atoms with E-state index in [1.165, 1.54) is 25.0 Å². The molecule has 4 nitrogen and oxygen atoms in total. The minimum absolute atomic E-state index is 0.207. The van der Waals surface area contributed by atoms with Gasteiger partial charge in [-0.2, -0.15) is 0 Å². The summed E-state index contributed by atoms with van der Waals surface area (Å²) >= 11 is 0. The first-order valence-corrected chi connectivity index (χ1v) is 7.12. The molecule has 0 aliphatic carbocycles. The summed E-state index contributed by atoms with van der Waals surface area (Å²) in [4.78, 5) is 2.34. The smallest absolute Gasteiger partial charge is 0.123 e. The van der Waals surface area contributed by atoms with Crippen molar-refractivity contribution in [1.82, 2.24) is 10.2 Å². The molecule has 1 aromatic carbocycles. The predicted octanol–water partition coefficient (Wildman–Crippen LogP) is 1.25. The van der Waals surface area contributed by atoms with E-state index in [1.807, 2.05) is 0 Å². The Morgan fingerprint density at radius 2 is 2.20 bits per heavy atom. The van der Waals surface area contributed by atoms with Gasteiger partial charge in [-0.05, 0) is 50.7 Å². The lowest BCUT2D eigenvalue weighted by atomic mass is 10.2. The van der Waals surface area contributed by atoms with Gasteiger partial charge in [0.15, 0.2) is 0 Å². The number of aliphatic hydroxyl groups is 1. The van der Waals surface area contributed by atoms with Crippen molar-refractivity contribution in [3.05, 3.63) is 30.1 Å². The van der Waals surface area contributed by atoms with Gasteiger partial charge in [-0.15, -0.1) is 0 Å². The van der Waals surface area contributed by atoms with Gasteiger partial charge in [0.1, 0.15) is 24.3 Å². The SMILES string of the molecule is CN1CCCC1CNCC(O)COc1ccc(F)cc1. The van der Waals surface area contributed by atoms with Crippen LogP contribution in [-0.4, -0.2) is 55.4 Å². The van der Waals surface area contributed by atoms with Crippen molar-refractivity contribution in [1.29, 1.82) is 0 Å². The lowest BCUT2D eigenvalue weighted by molar-refractivity contribution is 0.105. The van der Waals surface area contributed by atoms with Crippen molar-refractivity contribution in [2.24, 2.45) is 0 Å². The van der Waals surface area contributed by atoms with E-state index in [1.54, 1.807) is 12.1 Å². The van der Waals surface area contributed by atoms with Crippen LogP contribution in [0.4, 0.5) is 4.39 Å². The molecule has 0 amide bonds. The molecule has 0 aromatic heterocycles. The Kier molecular flexibility index (Phi) is 5.76. The minimum atomic E-state index is -0.563. The van der Waals surface area contributed by atoms with Crippen LogP contribution in [0.1, 0.15) is 12.8 Å². The third-order valence-corrected chi connectivity index (χ3v) is 3.69. The Bertz CT molecular complexity index is 399. The molecular formula is C15H23FN2O2. The normalized spacial score (nSPS) is 21.1. The molecule has 1 fully saturated rings. The van der Waals surface area contributed by atoms with E-state index in [9.17, 15) is 9.50 Å². The largest absolute Gasteiger partial charge is 0.491 e. The van der Waals surface area contributed by atoms with E-state index in [4.69, 9.17) is 4.74 Å². The molecule has 2 atom stereocenters. The van der Waals surface area contributed by atoms with Gasteiger partial charge in [-0.3, -0.25) is 0 Å². The zero-order chi connectivity index (χ0) is 14.4. The lowest BCUT2D eigenvalue weighted by Gasteiger charge is -2.21. The van der Waals surface area contributed by atoms with Crippen molar-refractivity contribution >= 4 is 0 Å². The molecule has 1 saturated heterocycles. The van der Waals surface area contributed by atoms with Crippen LogP contribution >= 0.6 is 0 Å². The highest BCUT2D eigenvalue weighted by Gasteiger charge is 2.20. The lowest BCUT2D eigenvalue weighted by Crippen LogP contribution is -2.39. The Hall–Kier alpha value is -1.17. The fourth-order valence-electron chi connectivity index (χ4n) is 2.44. The van der Waals surface area contributed by atoms with Gasteiger partial charge in [0, 0.05) is 19.1 Å². The average molecular weight is 282 g/mol. The maximum atomic E-state index is 12.7. The molecular weight excluding hydrogens is 259 g/mol. The Morgan fingerprint density at radius 3 is 2.85 bits per heavy atom. The van der Waals surface area contributed by atoms with Gasteiger partial charge in [0.05, 0.1) is 0 Å². The van der Waals surface area contributed by atoms with Crippen LogP contribution in [0, 0.1) is 5.82 Å². The van der Waals surface area contributed by atoms with Crippen LogP contribution in [0.3, 0.4) is 0 Å². The van der Waals surface area contributed by atoms with Crippen LogP contribution in [-0.2, 0) is 0 Å². The second-order valence-corrected chi connectivity index (χ2v) is 5.35. The van der Waals surface area contributed by atoms with E-state index < -0.39 is 6.10 Å². The summed E-state index contributed by atoms with van der Waals surface area (Å²) in [5, 5.41) is 13.1. The molecule has 2 N–H and O–H groups in total. The third-order valence-electron chi connectivity index (χ3n) is 3.69. The van der Waals surface area contributed by atoms with Crippen LogP contribution in [0.25, 0.3) is 0 Å². The fourth-order valence-corrected chi connectivity index (χ4v) is 2.44. The van der Waals surface area contributed by atoms with E-state index in [0.717, 1.165) is 13.1 Å². The van der Waals surface area contributed by atoms with E-state index >= 15 is 0 Å². The second-order valence-electron chi connectivity index (χ2n) is 5.35. The fraction of sp³-hybridized carbons (Fsp3) is 0.600. The number of hydrogen-bond acceptors (Lipinski definition) is 4. The van der Waals surface area contributed by atoms with Crippen molar-refractivity contribution < 1.29 is 14.2 Å². The molecule has 1 heterocycles. The highest BCUT2D eigenvalue weighted by molar-refractivity contribution is 5.22. The Labute approximate surface area is 119 Å². The number of hydrogen-bond donors (Lipinski definition) is 2. The van der Waals surface area contributed by atoms with Crippen LogP contribution < -0.4 is 10.1 Å². The highest BCUT2D eigenvalue weighted by atomic mass is 19.1. The van der Waals surface area contributed by atoms with E-state index in [0.29, 0.717) is 18.3 Å². The maximum Gasteiger partial charge on any atom is 0.123 e. The minimum Gasteiger partial charge on any atom is -0.491 e. The van der Waals surface area contributed by atoms with Crippen LogP contribution in [0.15, 0.2) is 24.3 Å². The summed E-state index contributed by atoms with van der Waals surface area (Å²) in [6.45, 7) is 2.76. The zero-order valence-corrected chi connectivity index (χ0v) is 11.9. The number of rotatable bonds is 7. The van der Waals surface area contributed by atoms with Crippen molar-refractivity contribution in [3.8, 4) is 5.75 Å². The monoisotopic (exact) mass is 282 g/mol. The summed E-state index contributed by atoms with van der Waals surface area (Å²) in [5.74, 6) is 0.279. The van der Waals surface area contributed by atoms with Gasteiger partial charge < -0.3 is 20.1 Å². The molecule has 0 saturated carbocycles. The van der Waals surface area contributed by atoms with Gasteiger partial charge in [0.2, 0.25) is 0 Å². The molecule has 0 spiro atoms. The first kappa shape index (κ1) is 15.2. The highest BCUT2D eigenvalue weighted by Crippen LogP contribution is 2.13. The summed E-state index contributed by atoms with van der Waals surface area (Å²) < 4.78 is 18.1. The number of likely N-dealkylation sites (N-methyl/N-ethyl adjacent to an activating group) is 1. The molecule has 0 radical (unpaired) electrons. The summed E-state index contributed by atoms with van der Waals surface area (Å²) in [6.07, 6.45) is 1.90. The first-order chi connectivity index (χ1) is 9.65. The standard InChI is InChI=1S/C15H23FN2O2/c1-18-8-2-3-13(18)9-17-10-14(19)11-20-15-6-4-12(16)5-7-15/h4-7,13-14,17,19H,2-3,8-11H2,1H3. The Balaban J connectivity index is 1.60. The van der Waals surface area contributed by atoms with E-state index in [2.05, 4.69) is 17.3 Å². The molecule has 20 heavy (non-hydrogen) atoms. The van der Waals surface area contributed by atoms with Gasteiger partial charge in [0.25, 0.3) is 0 Å². The first-order valence-electron chi connectivity index (χ1n) is 7.12. The third kappa shape index (κ3) is 4.74. The van der Waals surface area contributed by atoms with E-state index in [-0.39, 0.29) is 12.4 Å². The molecule has 112 valence electrons. The number of ether oxygens (including phenoxy) is 1. The number of aliphatic hydroxyl groups excluding tert-OH is 1. The van der Waals surface area contributed by atoms with Crippen molar-refractivity contribution in [2.45, 2.75) is 25.0 Å². The molecule has 2 unspecified atom stereocenters. The van der Waals surface area contributed by atoms with Crippen LogP contribution in [0.5, 0.6) is 5.75 Å². The molecule has 1 aliphatic rings. The van der Waals surface area contributed by atoms with Gasteiger partial charge in [-0.1, -0.05) is 0 Å². The predicted molar refractivity (Wildman–Crippen MR) is 76.4 cm³/mol. The summed E-state index contributed by atoms with van der Waals surface area (Å²) in [6, 6.07) is 6.37. The van der Waals surface area contributed by atoms with Gasteiger partial charge in [-0.25, -0.2) is 4.39 Å². The van der Waals surface area contributed by atoms with Crippen molar-refractivity contribution in [3.63, 3.8) is 0 Å². The quantitative estimate of drug-likeness (QED) is 0.790. The maximum absolute atomic E-state index is 12.7. The number of halogens is 1. The van der Waals surface area contributed by atoms with Crippen molar-refractivity contribution in [2.75, 3.05) is 33.3 Å². The number of nitrogens with zero attached hydrogens (tertiary/aromatic N) is 1. The summed E-state index contributed by atoms with van der Waals surface area (Å²) in [5.41, 5.74) is 0. The number of benzene rings is 1. The number of likely N-dealkylation sites (tertiary alicyclic amines) is 1. The average Bonchev–Trinajstić information content (AvgIpc) is 2.84. The Morgan fingerprint density at radius 1 is 1.45 bits per heavy atom. The molecule has 1 aliphatic heterocycles. The summed E-state index contributed by atoms with van der Waals surface area (Å²) in [7, 11) is 2.13. The second kappa shape index (κ2) is 7.57. The zero-order valence-electron chi connectivity index (χ0n) is 11.9. The van der Waals surface area contributed by atoms with Crippen LogP contribution in [0.2, 0.25) is 0 Å².